The van der Waals surface area contributed by atoms with E-state index in [1.165, 1.54) is 49.7 Å². The lowest BCUT2D eigenvalue weighted by Crippen LogP contribution is -2.45. The van der Waals surface area contributed by atoms with Crippen LogP contribution in [0.4, 0.5) is 0 Å². The van der Waals surface area contributed by atoms with Crippen LogP contribution in [0.3, 0.4) is 0 Å². The van der Waals surface area contributed by atoms with Gasteiger partial charge in [-0.3, -0.25) is 0 Å². The van der Waals surface area contributed by atoms with Gasteiger partial charge in [0.1, 0.15) is 5.75 Å². The molecule has 0 N–H and O–H groups in total. The van der Waals surface area contributed by atoms with Crippen LogP contribution >= 0.6 is 0 Å². The van der Waals surface area contributed by atoms with E-state index in [0.717, 1.165) is 24.5 Å². The van der Waals surface area contributed by atoms with E-state index in [1.807, 2.05) is 12.1 Å². The van der Waals surface area contributed by atoms with Crippen LogP contribution < -0.4 is 4.18 Å². The minimum atomic E-state index is -3.46. The van der Waals surface area contributed by atoms with Gasteiger partial charge in [0.2, 0.25) is 0 Å². The number of rotatable bonds is 3. The molecule has 0 bridgehead atoms. The van der Waals surface area contributed by atoms with Gasteiger partial charge in [0.25, 0.3) is 0 Å². The van der Waals surface area contributed by atoms with Crippen LogP contribution in [0.15, 0.2) is 18.2 Å². The van der Waals surface area contributed by atoms with Gasteiger partial charge in [0.05, 0.1) is 6.26 Å². The summed E-state index contributed by atoms with van der Waals surface area (Å²) < 4.78 is 28.0. The second-order valence-corrected chi connectivity index (χ2v) is 11.0. The van der Waals surface area contributed by atoms with E-state index >= 15 is 0 Å². The molecular weight excluding hydrogens is 344 g/mol. The minimum Gasteiger partial charge on any atom is -0.383 e. The summed E-state index contributed by atoms with van der Waals surface area (Å²) >= 11 is 0. The summed E-state index contributed by atoms with van der Waals surface area (Å²) in [5, 5.41) is 0. The third-order valence-corrected chi connectivity index (χ3v) is 9.00. The molecule has 144 valence electrons. The van der Waals surface area contributed by atoms with Gasteiger partial charge < -0.3 is 4.18 Å². The molecule has 0 unspecified atom stereocenters. The van der Waals surface area contributed by atoms with Crippen molar-refractivity contribution in [3.8, 4) is 5.75 Å². The fourth-order valence-corrected chi connectivity index (χ4v) is 7.18. The Morgan fingerprint density at radius 2 is 1.92 bits per heavy atom. The zero-order valence-corrected chi connectivity index (χ0v) is 17.4. The molecule has 2 fully saturated rings. The van der Waals surface area contributed by atoms with Gasteiger partial charge in [-0.05, 0) is 90.4 Å². The van der Waals surface area contributed by atoms with Crippen LogP contribution in [-0.4, -0.2) is 14.7 Å². The number of aryl methyl sites for hydroxylation is 1. The highest BCUT2D eigenvalue weighted by molar-refractivity contribution is 7.86. The van der Waals surface area contributed by atoms with Crippen molar-refractivity contribution in [3.05, 3.63) is 29.3 Å². The maximum Gasteiger partial charge on any atom is 0.306 e. The van der Waals surface area contributed by atoms with E-state index in [1.54, 1.807) is 0 Å². The Kier molecular flexibility index (Phi) is 4.22. The molecule has 2 saturated carbocycles. The van der Waals surface area contributed by atoms with E-state index in [2.05, 4.69) is 26.8 Å². The predicted octanol–water partition coefficient (Wildman–Crippen LogP) is 5.30. The first-order valence-electron chi connectivity index (χ1n) is 10.2. The predicted molar refractivity (Wildman–Crippen MR) is 105 cm³/mol. The molecule has 3 nitrogen and oxygen atoms in total. The van der Waals surface area contributed by atoms with Gasteiger partial charge in [-0.15, -0.1) is 0 Å². The Labute approximate surface area is 158 Å². The van der Waals surface area contributed by atoms with Crippen molar-refractivity contribution in [2.75, 3.05) is 6.26 Å². The Morgan fingerprint density at radius 1 is 1.15 bits per heavy atom. The standard InChI is InChI=1S/C22H32O3S/c1-5-21(2)12-11-20-19-8-6-15-14-16(25-26(4,23)24)7-9-17(15)18(19)10-13-22(20,21)3/h7,9,14,18-20H,5-6,8,10-13H2,1-4H3/t18-,19-,20+,21+,22+/m1/s1. The first-order chi connectivity index (χ1) is 12.2. The molecule has 3 aliphatic carbocycles. The van der Waals surface area contributed by atoms with Crippen molar-refractivity contribution in [1.82, 2.24) is 0 Å². The van der Waals surface area contributed by atoms with Gasteiger partial charge in [-0.1, -0.05) is 33.3 Å². The average Bonchev–Trinajstić information content (AvgIpc) is 2.85. The maximum absolute atomic E-state index is 11.4. The van der Waals surface area contributed by atoms with Crippen molar-refractivity contribution in [2.45, 2.75) is 71.6 Å². The van der Waals surface area contributed by atoms with Gasteiger partial charge >= 0.3 is 10.1 Å². The largest absolute Gasteiger partial charge is 0.383 e. The molecule has 4 rings (SSSR count). The normalized spacial score (nSPS) is 39.0. The van der Waals surface area contributed by atoms with Crippen molar-refractivity contribution in [3.63, 3.8) is 0 Å². The van der Waals surface area contributed by atoms with Crippen molar-refractivity contribution >= 4 is 10.1 Å². The second kappa shape index (κ2) is 5.98. The first-order valence-corrected chi connectivity index (χ1v) is 12.0. The van der Waals surface area contributed by atoms with E-state index in [9.17, 15) is 8.42 Å². The van der Waals surface area contributed by atoms with E-state index in [0.29, 0.717) is 22.5 Å². The molecule has 0 spiro atoms. The molecule has 26 heavy (non-hydrogen) atoms. The maximum atomic E-state index is 11.4. The Balaban J connectivity index is 1.63. The number of benzene rings is 1. The fourth-order valence-electron chi connectivity index (χ4n) is 6.73. The Morgan fingerprint density at radius 3 is 2.62 bits per heavy atom. The molecule has 4 heteroatoms. The second-order valence-electron chi connectivity index (χ2n) is 9.47. The molecule has 5 atom stereocenters. The van der Waals surface area contributed by atoms with Crippen LogP contribution in [0.25, 0.3) is 0 Å². The molecular formula is C22H32O3S. The molecule has 1 aromatic carbocycles. The molecule has 0 aromatic heterocycles. The number of hydrogen-bond donors (Lipinski definition) is 0. The van der Waals surface area contributed by atoms with Crippen molar-refractivity contribution < 1.29 is 12.6 Å². The van der Waals surface area contributed by atoms with Gasteiger partial charge in [-0.2, -0.15) is 8.42 Å². The SMILES string of the molecule is CC[C@@]1(C)CC[C@H]2[C@@H]3CCc4cc(OS(C)(=O)=O)ccc4[C@H]3CC[C@@]21C. The number of fused-ring (bicyclic) bond motifs is 5. The van der Waals surface area contributed by atoms with Crippen LogP contribution in [0.5, 0.6) is 5.75 Å². The topological polar surface area (TPSA) is 43.4 Å². The average molecular weight is 377 g/mol. The van der Waals surface area contributed by atoms with E-state index in [4.69, 9.17) is 4.18 Å². The highest BCUT2D eigenvalue weighted by Gasteiger charge is 2.58. The van der Waals surface area contributed by atoms with Crippen LogP contribution in [-0.2, 0) is 16.5 Å². The van der Waals surface area contributed by atoms with Crippen LogP contribution in [0.2, 0.25) is 0 Å². The third-order valence-electron chi connectivity index (χ3n) is 8.50. The lowest BCUT2D eigenvalue weighted by molar-refractivity contribution is -0.0196. The zero-order valence-electron chi connectivity index (χ0n) is 16.5. The monoisotopic (exact) mass is 376 g/mol. The Bertz CT molecular complexity index is 815. The minimum absolute atomic E-state index is 0.463. The molecule has 0 radical (unpaired) electrons. The Hall–Kier alpha value is -1.03. The quantitative estimate of drug-likeness (QED) is 0.673. The molecule has 0 saturated heterocycles. The summed E-state index contributed by atoms with van der Waals surface area (Å²) in [6.07, 6.45) is 10.0. The smallest absolute Gasteiger partial charge is 0.306 e. The zero-order chi connectivity index (χ0) is 18.7. The lowest BCUT2D eigenvalue weighted by Gasteiger charge is -2.54. The molecule has 3 aliphatic rings. The third kappa shape index (κ3) is 2.71. The summed E-state index contributed by atoms with van der Waals surface area (Å²) in [6, 6.07) is 5.95. The van der Waals surface area contributed by atoms with Crippen LogP contribution in [0, 0.1) is 22.7 Å². The molecule has 0 heterocycles. The summed E-state index contributed by atoms with van der Waals surface area (Å²) in [7, 11) is -3.46. The molecule has 0 aliphatic heterocycles. The summed E-state index contributed by atoms with van der Waals surface area (Å²) in [6.45, 7) is 7.47. The fraction of sp³-hybridized carbons (Fsp3) is 0.727. The highest BCUT2D eigenvalue weighted by Crippen LogP contribution is 2.68. The van der Waals surface area contributed by atoms with Gasteiger partial charge in [-0.25, -0.2) is 0 Å². The summed E-state index contributed by atoms with van der Waals surface area (Å²) in [4.78, 5) is 0. The highest BCUT2D eigenvalue weighted by atomic mass is 32.2. The van der Waals surface area contributed by atoms with Gasteiger partial charge in [0.15, 0.2) is 0 Å². The number of hydrogen-bond acceptors (Lipinski definition) is 3. The van der Waals surface area contributed by atoms with E-state index < -0.39 is 10.1 Å². The molecule has 1 aromatic rings. The summed E-state index contributed by atoms with van der Waals surface area (Å²) in [5.41, 5.74) is 3.73. The van der Waals surface area contributed by atoms with Crippen LogP contribution in [0.1, 0.15) is 76.3 Å². The van der Waals surface area contributed by atoms with Crippen molar-refractivity contribution in [1.29, 1.82) is 0 Å². The van der Waals surface area contributed by atoms with Gasteiger partial charge in [0, 0.05) is 0 Å². The van der Waals surface area contributed by atoms with E-state index in [-0.39, 0.29) is 0 Å². The lowest BCUT2D eigenvalue weighted by atomic mass is 9.50. The van der Waals surface area contributed by atoms with Crippen molar-refractivity contribution in [2.24, 2.45) is 22.7 Å². The first kappa shape index (κ1) is 18.3. The molecule has 0 amide bonds. The summed E-state index contributed by atoms with van der Waals surface area (Å²) in [5.74, 6) is 2.73.